The smallest absolute Gasteiger partial charge is 0.325 e. The maximum absolute atomic E-state index is 11.6. The first-order valence-electron chi connectivity index (χ1n) is 8.25. The molecule has 1 aromatic carbocycles. The fraction of sp³-hybridized carbons (Fsp3) is 0.412. The monoisotopic (exact) mass is 364 g/mol. The summed E-state index contributed by atoms with van der Waals surface area (Å²) in [5.74, 6) is -0.698. The standard InChI is InChI=1S/C17H24N4O5/c1-2-10-26-17(23)12-20-16(22)6-4-3-5-9-19-15-8-7-13(21(24)25)11-14(15)18/h2,7-8,11,19H,1,3-6,9-10,12,18H2,(H,20,22). The van der Waals surface area contributed by atoms with Crippen LogP contribution in [0.2, 0.25) is 0 Å². The summed E-state index contributed by atoms with van der Waals surface area (Å²) >= 11 is 0. The predicted octanol–water partition coefficient (Wildman–Crippen LogP) is 1.99. The highest BCUT2D eigenvalue weighted by molar-refractivity contribution is 5.81. The van der Waals surface area contributed by atoms with E-state index in [0.717, 1.165) is 12.8 Å². The van der Waals surface area contributed by atoms with E-state index in [-0.39, 0.29) is 24.7 Å². The minimum Gasteiger partial charge on any atom is -0.460 e. The molecule has 26 heavy (non-hydrogen) atoms. The number of carbonyl (C=O) groups is 2. The maximum Gasteiger partial charge on any atom is 0.325 e. The van der Waals surface area contributed by atoms with Crippen LogP contribution in [0.15, 0.2) is 30.9 Å². The third kappa shape index (κ3) is 8.13. The fourth-order valence-corrected chi connectivity index (χ4v) is 2.10. The van der Waals surface area contributed by atoms with Gasteiger partial charge in [0, 0.05) is 25.1 Å². The second kappa shape index (κ2) is 11.5. The van der Waals surface area contributed by atoms with Gasteiger partial charge in [-0.3, -0.25) is 19.7 Å². The lowest BCUT2D eigenvalue weighted by molar-refractivity contribution is -0.384. The quantitative estimate of drug-likeness (QED) is 0.129. The number of carbonyl (C=O) groups excluding carboxylic acids is 2. The van der Waals surface area contributed by atoms with Gasteiger partial charge in [0.1, 0.15) is 13.2 Å². The molecule has 0 aliphatic carbocycles. The van der Waals surface area contributed by atoms with Gasteiger partial charge in [-0.1, -0.05) is 19.1 Å². The molecule has 0 aliphatic heterocycles. The molecular formula is C17H24N4O5. The summed E-state index contributed by atoms with van der Waals surface area (Å²) in [6.45, 7) is 4.04. The molecule has 0 saturated carbocycles. The molecule has 0 radical (unpaired) electrons. The van der Waals surface area contributed by atoms with Crippen LogP contribution in [0.1, 0.15) is 25.7 Å². The summed E-state index contributed by atoms with van der Waals surface area (Å²) < 4.78 is 4.74. The minimum atomic E-state index is -0.497. The number of hydrogen-bond acceptors (Lipinski definition) is 7. The molecule has 0 aliphatic rings. The number of nitrogens with two attached hydrogens (primary N) is 1. The van der Waals surface area contributed by atoms with Gasteiger partial charge in [-0.25, -0.2) is 0 Å². The Balaban J connectivity index is 2.14. The molecular weight excluding hydrogens is 340 g/mol. The number of esters is 1. The zero-order chi connectivity index (χ0) is 19.4. The molecule has 0 fully saturated rings. The number of benzene rings is 1. The van der Waals surface area contributed by atoms with Crippen molar-refractivity contribution in [3.05, 3.63) is 41.0 Å². The Morgan fingerprint density at radius 3 is 2.73 bits per heavy atom. The topological polar surface area (TPSA) is 137 Å². The number of nitro groups is 1. The van der Waals surface area contributed by atoms with Crippen molar-refractivity contribution < 1.29 is 19.2 Å². The summed E-state index contributed by atoms with van der Waals surface area (Å²) in [7, 11) is 0. The summed E-state index contributed by atoms with van der Waals surface area (Å²) in [5, 5.41) is 16.3. The Morgan fingerprint density at radius 1 is 1.31 bits per heavy atom. The van der Waals surface area contributed by atoms with Gasteiger partial charge in [-0.2, -0.15) is 0 Å². The van der Waals surface area contributed by atoms with Gasteiger partial charge >= 0.3 is 5.97 Å². The van der Waals surface area contributed by atoms with Gasteiger partial charge in [0.2, 0.25) is 5.91 Å². The van der Waals surface area contributed by atoms with Crippen LogP contribution in [-0.2, 0) is 14.3 Å². The van der Waals surface area contributed by atoms with Crippen LogP contribution >= 0.6 is 0 Å². The van der Waals surface area contributed by atoms with Crippen molar-refractivity contribution >= 4 is 28.9 Å². The van der Waals surface area contributed by atoms with Crippen LogP contribution < -0.4 is 16.4 Å². The summed E-state index contributed by atoms with van der Waals surface area (Å²) in [6, 6.07) is 4.28. The van der Waals surface area contributed by atoms with Crippen molar-refractivity contribution in [2.45, 2.75) is 25.7 Å². The fourth-order valence-electron chi connectivity index (χ4n) is 2.10. The van der Waals surface area contributed by atoms with E-state index >= 15 is 0 Å². The Morgan fingerprint density at radius 2 is 2.08 bits per heavy atom. The van der Waals surface area contributed by atoms with Crippen molar-refractivity contribution in [3.8, 4) is 0 Å². The van der Waals surface area contributed by atoms with Crippen molar-refractivity contribution in [2.75, 3.05) is 30.7 Å². The predicted molar refractivity (Wildman–Crippen MR) is 98.6 cm³/mol. The highest BCUT2D eigenvalue weighted by atomic mass is 16.6. The molecule has 1 aromatic rings. The van der Waals surface area contributed by atoms with Crippen LogP contribution in [0.5, 0.6) is 0 Å². The van der Waals surface area contributed by atoms with E-state index < -0.39 is 10.9 Å². The summed E-state index contributed by atoms with van der Waals surface area (Å²) in [6.07, 6.45) is 4.09. The van der Waals surface area contributed by atoms with Gasteiger partial charge in [0.15, 0.2) is 0 Å². The SMILES string of the molecule is C=CCOC(=O)CNC(=O)CCCCCNc1ccc([N+](=O)[O-])cc1N. The highest BCUT2D eigenvalue weighted by Gasteiger charge is 2.08. The second-order valence-corrected chi connectivity index (χ2v) is 5.51. The molecule has 0 heterocycles. The lowest BCUT2D eigenvalue weighted by Crippen LogP contribution is -2.30. The first-order valence-corrected chi connectivity index (χ1v) is 8.25. The molecule has 142 valence electrons. The Labute approximate surface area is 151 Å². The van der Waals surface area contributed by atoms with Crippen LogP contribution in [0.4, 0.5) is 17.1 Å². The minimum absolute atomic E-state index is 0.0487. The number of nitro benzene ring substituents is 1. The molecule has 1 amide bonds. The Hall–Kier alpha value is -3.10. The number of nitrogens with zero attached hydrogens (tertiary/aromatic N) is 1. The van der Waals surface area contributed by atoms with E-state index in [1.807, 2.05) is 0 Å². The number of hydrogen-bond donors (Lipinski definition) is 3. The zero-order valence-electron chi connectivity index (χ0n) is 14.5. The number of anilines is 2. The van der Waals surface area contributed by atoms with Crippen LogP contribution in [-0.4, -0.2) is 36.5 Å². The van der Waals surface area contributed by atoms with Crippen molar-refractivity contribution in [3.63, 3.8) is 0 Å². The number of non-ortho nitro benzene ring substituents is 1. The van der Waals surface area contributed by atoms with E-state index in [1.165, 1.54) is 18.2 Å². The molecule has 0 saturated heterocycles. The molecule has 0 unspecified atom stereocenters. The van der Waals surface area contributed by atoms with Crippen LogP contribution in [0.3, 0.4) is 0 Å². The number of ether oxygens (including phenoxy) is 1. The average Bonchev–Trinajstić information content (AvgIpc) is 2.61. The third-order valence-corrected chi connectivity index (χ3v) is 3.43. The highest BCUT2D eigenvalue weighted by Crippen LogP contribution is 2.24. The number of amides is 1. The van der Waals surface area contributed by atoms with Gasteiger partial charge in [0.25, 0.3) is 5.69 Å². The molecule has 1 rings (SSSR count). The number of rotatable bonds is 12. The van der Waals surface area contributed by atoms with Gasteiger partial charge < -0.3 is 21.1 Å². The van der Waals surface area contributed by atoms with Crippen molar-refractivity contribution in [2.24, 2.45) is 0 Å². The van der Waals surface area contributed by atoms with E-state index in [2.05, 4.69) is 17.2 Å². The molecule has 9 nitrogen and oxygen atoms in total. The second-order valence-electron chi connectivity index (χ2n) is 5.51. The van der Waals surface area contributed by atoms with Crippen LogP contribution in [0, 0.1) is 10.1 Å². The molecule has 0 aromatic heterocycles. The molecule has 4 N–H and O–H groups in total. The lowest BCUT2D eigenvalue weighted by Gasteiger charge is -2.09. The van der Waals surface area contributed by atoms with Gasteiger partial charge in [-0.05, 0) is 18.9 Å². The zero-order valence-corrected chi connectivity index (χ0v) is 14.5. The maximum atomic E-state index is 11.6. The molecule has 0 spiro atoms. The van der Waals surface area contributed by atoms with E-state index in [0.29, 0.717) is 30.8 Å². The normalized spacial score (nSPS) is 10.0. The van der Waals surface area contributed by atoms with E-state index in [1.54, 1.807) is 6.07 Å². The Kier molecular flexibility index (Phi) is 9.23. The average molecular weight is 364 g/mol. The molecule has 9 heteroatoms. The molecule has 0 atom stereocenters. The van der Waals surface area contributed by atoms with Gasteiger partial charge in [0.05, 0.1) is 16.3 Å². The van der Waals surface area contributed by atoms with E-state index in [9.17, 15) is 19.7 Å². The van der Waals surface area contributed by atoms with E-state index in [4.69, 9.17) is 10.5 Å². The van der Waals surface area contributed by atoms with Gasteiger partial charge in [-0.15, -0.1) is 0 Å². The largest absolute Gasteiger partial charge is 0.460 e. The number of nitrogen functional groups attached to an aromatic ring is 1. The van der Waals surface area contributed by atoms with Crippen LogP contribution in [0.25, 0.3) is 0 Å². The summed E-state index contributed by atoms with van der Waals surface area (Å²) in [5.41, 5.74) is 6.68. The van der Waals surface area contributed by atoms with Crippen molar-refractivity contribution in [1.29, 1.82) is 0 Å². The first-order chi connectivity index (χ1) is 12.4. The lowest BCUT2D eigenvalue weighted by atomic mass is 10.2. The molecule has 0 bridgehead atoms. The Bertz CT molecular complexity index is 648. The number of nitrogens with one attached hydrogen (secondary N) is 2. The first kappa shape index (κ1) is 20.9. The third-order valence-electron chi connectivity index (χ3n) is 3.43. The number of unbranched alkanes of at least 4 members (excludes halogenated alkanes) is 2. The summed E-state index contributed by atoms with van der Waals surface area (Å²) in [4.78, 5) is 32.9. The van der Waals surface area contributed by atoms with Crippen molar-refractivity contribution in [1.82, 2.24) is 5.32 Å².